The zero-order valence-electron chi connectivity index (χ0n) is 12.4. The summed E-state index contributed by atoms with van der Waals surface area (Å²) in [5.74, 6) is 2.47. The van der Waals surface area contributed by atoms with Crippen LogP contribution in [0, 0.1) is 0 Å². The lowest BCUT2D eigenvalue weighted by Crippen LogP contribution is -2.54. The number of thioether (sulfide) groups is 1. The van der Waals surface area contributed by atoms with E-state index in [2.05, 4.69) is 34.2 Å². The second-order valence-electron chi connectivity index (χ2n) is 5.40. The second kappa shape index (κ2) is 5.81. The van der Waals surface area contributed by atoms with Crippen LogP contribution in [-0.4, -0.2) is 47.8 Å². The maximum atomic E-state index is 10.7. The number of rotatable bonds is 6. The Bertz CT molecular complexity index is 631. The summed E-state index contributed by atoms with van der Waals surface area (Å²) < 4.78 is 1.68. The molecule has 2 N–H and O–H groups in total. The molecule has 1 saturated carbocycles. The van der Waals surface area contributed by atoms with Crippen molar-refractivity contribution < 1.29 is 5.11 Å². The molecule has 0 radical (unpaired) electrons. The Kier molecular flexibility index (Phi) is 4.03. The van der Waals surface area contributed by atoms with Crippen molar-refractivity contribution >= 4 is 23.4 Å². The van der Waals surface area contributed by atoms with Gasteiger partial charge < -0.3 is 10.4 Å². The van der Waals surface area contributed by atoms with Crippen LogP contribution in [0.3, 0.4) is 0 Å². The van der Waals surface area contributed by atoms with E-state index in [1.54, 1.807) is 4.52 Å². The maximum Gasteiger partial charge on any atom is 0.254 e. The molecule has 0 spiro atoms. The van der Waals surface area contributed by atoms with Gasteiger partial charge in [-0.2, -0.15) is 26.4 Å². The van der Waals surface area contributed by atoms with Crippen molar-refractivity contribution in [3.05, 3.63) is 18.1 Å². The quantitative estimate of drug-likeness (QED) is 0.847. The summed E-state index contributed by atoms with van der Waals surface area (Å²) in [5, 5.41) is 18.5. The van der Waals surface area contributed by atoms with E-state index in [1.807, 2.05) is 17.8 Å². The minimum atomic E-state index is -0.622. The Hall–Kier alpha value is -1.34. The van der Waals surface area contributed by atoms with Crippen LogP contribution in [0.4, 0.5) is 5.82 Å². The molecule has 1 aliphatic carbocycles. The van der Waals surface area contributed by atoms with Crippen molar-refractivity contribution in [1.82, 2.24) is 19.6 Å². The van der Waals surface area contributed by atoms with Crippen LogP contribution in [0.5, 0.6) is 0 Å². The Morgan fingerprint density at radius 3 is 3.05 bits per heavy atom. The summed E-state index contributed by atoms with van der Waals surface area (Å²) in [7, 11) is 0. The molecule has 2 aromatic heterocycles. The highest BCUT2D eigenvalue weighted by Gasteiger charge is 2.45. The van der Waals surface area contributed by atoms with Gasteiger partial charge in [0, 0.05) is 23.6 Å². The highest BCUT2D eigenvalue weighted by Crippen LogP contribution is 2.41. The van der Waals surface area contributed by atoms with Crippen molar-refractivity contribution in [3.8, 4) is 0 Å². The molecule has 114 valence electrons. The fourth-order valence-electron chi connectivity index (χ4n) is 2.65. The molecule has 7 heteroatoms. The maximum absolute atomic E-state index is 10.7. The summed E-state index contributed by atoms with van der Waals surface area (Å²) in [4.78, 5) is 8.57. The Balaban J connectivity index is 1.77. The molecule has 2 unspecified atom stereocenters. The van der Waals surface area contributed by atoms with Gasteiger partial charge in [-0.15, -0.1) is 0 Å². The van der Waals surface area contributed by atoms with E-state index in [0.717, 1.165) is 36.5 Å². The monoisotopic (exact) mass is 307 g/mol. The first-order valence-corrected chi connectivity index (χ1v) is 8.48. The molecule has 0 aliphatic heterocycles. The topological polar surface area (TPSA) is 75.3 Å². The van der Waals surface area contributed by atoms with E-state index in [9.17, 15) is 5.11 Å². The summed E-state index contributed by atoms with van der Waals surface area (Å²) in [5.41, 5.74) is 0.349. The lowest BCUT2D eigenvalue weighted by molar-refractivity contribution is -0.0121. The number of hydrogen-bond donors (Lipinski definition) is 2. The van der Waals surface area contributed by atoms with Crippen molar-refractivity contribution in [3.63, 3.8) is 0 Å². The van der Waals surface area contributed by atoms with Gasteiger partial charge in [0.25, 0.3) is 5.78 Å². The first-order chi connectivity index (χ1) is 10.2. The van der Waals surface area contributed by atoms with Gasteiger partial charge in [-0.1, -0.05) is 13.8 Å². The zero-order valence-corrected chi connectivity index (χ0v) is 13.2. The van der Waals surface area contributed by atoms with Gasteiger partial charge in [-0.3, -0.25) is 0 Å². The van der Waals surface area contributed by atoms with E-state index in [-0.39, 0.29) is 0 Å². The number of fused-ring (bicyclic) bond motifs is 1. The number of nitrogens with one attached hydrogen (secondary N) is 1. The largest absolute Gasteiger partial charge is 0.387 e. The Labute approximate surface area is 128 Å². The van der Waals surface area contributed by atoms with Crippen molar-refractivity contribution in [2.24, 2.45) is 0 Å². The summed E-state index contributed by atoms with van der Waals surface area (Å²) in [6.45, 7) is 4.73. The van der Waals surface area contributed by atoms with Gasteiger partial charge in [0.2, 0.25) is 0 Å². The summed E-state index contributed by atoms with van der Waals surface area (Å²) in [6.07, 6.45) is 4.28. The summed E-state index contributed by atoms with van der Waals surface area (Å²) in [6, 6.07) is 1.98. The molecule has 2 aromatic rings. The highest BCUT2D eigenvalue weighted by molar-refractivity contribution is 8.00. The number of hydrogen-bond acceptors (Lipinski definition) is 6. The molecule has 21 heavy (non-hydrogen) atoms. The number of anilines is 1. The van der Waals surface area contributed by atoms with Crippen LogP contribution < -0.4 is 5.32 Å². The van der Waals surface area contributed by atoms with E-state index in [1.165, 1.54) is 6.33 Å². The molecule has 2 heterocycles. The van der Waals surface area contributed by atoms with Crippen molar-refractivity contribution in [1.29, 1.82) is 0 Å². The van der Waals surface area contributed by atoms with Gasteiger partial charge in [-0.05, 0) is 25.0 Å². The molecule has 3 rings (SSSR count). The molecule has 0 aromatic carbocycles. The van der Waals surface area contributed by atoms with Crippen LogP contribution in [0.15, 0.2) is 12.4 Å². The van der Waals surface area contributed by atoms with E-state index >= 15 is 0 Å². The van der Waals surface area contributed by atoms with Gasteiger partial charge in [0.1, 0.15) is 12.1 Å². The van der Waals surface area contributed by atoms with Crippen LogP contribution in [0.2, 0.25) is 0 Å². The molecule has 6 nitrogen and oxygen atoms in total. The first kappa shape index (κ1) is 14.6. The predicted molar refractivity (Wildman–Crippen MR) is 84.8 cm³/mol. The van der Waals surface area contributed by atoms with Crippen LogP contribution in [-0.2, 0) is 6.42 Å². The first-order valence-electron chi connectivity index (χ1n) is 7.44. The number of aryl methyl sites for hydroxylation is 1. The Morgan fingerprint density at radius 2 is 2.38 bits per heavy atom. The van der Waals surface area contributed by atoms with E-state index in [4.69, 9.17) is 0 Å². The van der Waals surface area contributed by atoms with Gasteiger partial charge >= 0.3 is 0 Å². The fourth-order valence-corrected chi connectivity index (χ4v) is 3.85. The molecular formula is C14H21N5OS. The second-order valence-corrected chi connectivity index (χ2v) is 6.88. The lowest BCUT2D eigenvalue weighted by Gasteiger charge is -2.45. The molecule has 1 aliphatic rings. The van der Waals surface area contributed by atoms with Crippen molar-refractivity contribution in [2.75, 3.05) is 17.6 Å². The normalized spacial score (nSPS) is 25.0. The van der Waals surface area contributed by atoms with Crippen LogP contribution in [0.1, 0.15) is 32.4 Å². The molecule has 0 amide bonds. The number of aromatic nitrogens is 4. The van der Waals surface area contributed by atoms with Crippen molar-refractivity contribution in [2.45, 2.75) is 44.0 Å². The number of nitrogens with zero attached hydrogens (tertiary/aromatic N) is 4. The van der Waals surface area contributed by atoms with Gasteiger partial charge in [-0.25, -0.2) is 4.98 Å². The molecular weight excluding hydrogens is 286 g/mol. The minimum Gasteiger partial charge on any atom is -0.387 e. The smallest absolute Gasteiger partial charge is 0.254 e. The summed E-state index contributed by atoms with van der Waals surface area (Å²) >= 11 is 1.84. The van der Waals surface area contributed by atoms with Gasteiger partial charge in [0.05, 0.1) is 5.60 Å². The standard InChI is InChI=1S/C14H21N5OS/c1-3-10-7-12(19-13(18-10)16-9-17-19)15-8-14(20)6-5-11(14)21-4-2/h7,9,11,15,20H,3-6,8H2,1-2H3. The zero-order chi connectivity index (χ0) is 14.9. The molecule has 0 saturated heterocycles. The van der Waals surface area contributed by atoms with E-state index in [0.29, 0.717) is 17.6 Å². The van der Waals surface area contributed by atoms with Crippen LogP contribution in [0.25, 0.3) is 5.78 Å². The molecule has 0 bridgehead atoms. The minimum absolute atomic E-state index is 0.328. The third-order valence-corrected chi connectivity index (χ3v) is 5.46. The molecule has 1 fully saturated rings. The fraction of sp³-hybridized carbons (Fsp3) is 0.643. The molecule has 2 atom stereocenters. The van der Waals surface area contributed by atoms with Crippen LogP contribution >= 0.6 is 11.8 Å². The third-order valence-electron chi connectivity index (χ3n) is 4.05. The van der Waals surface area contributed by atoms with E-state index < -0.39 is 5.60 Å². The Morgan fingerprint density at radius 1 is 1.52 bits per heavy atom. The average molecular weight is 307 g/mol. The van der Waals surface area contributed by atoms with Gasteiger partial charge in [0.15, 0.2) is 0 Å². The third kappa shape index (κ3) is 2.72. The predicted octanol–water partition coefficient (Wildman–Crippen LogP) is 1.75. The average Bonchev–Trinajstić information content (AvgIpc) is 2.97. The lowest BCUT2D eigenvalue weighted by atomic mass is 9.79. The SMILES string of the molecule is CCSC1CCC1(O)CNc1cc(CC)nc2ncnn12. The highest BCUT2D eigenvalue weighted by atomic mass is 32.2. The number of aliphatic hydroxyl groups is 1.